The number of pyridine rings is 1. The second-order valence-electron chi connectivity index (χ2n) is 5.18. The van der Waals surface area contributed by atoms with Gasteiger partial charge in [0.05, 0.1) is 0 Å². The molecule has 0 bridgehead atoms. The predicted molar refractivity (Wildman–Crippen MR) is 81.4 cm³/mol. The molecule has 0 fully saturated rings. The predicted octanol–water partition coefficient (Wildman–Crippen LogP) is 4.32. The van der Waals surface area contributed by atoms with Crippen LogP contribution < -0.4 is 5.32 Å². The molecule has 0 aliphatic heterocycles. The first-order valence-corrected chi connectivity index (χ1v) is 7.59. The SMILES string of the molecule is Cc1cc(CNC(C)C)cnc1Sc1ccc(F)c(F)c1. The fourth-order valence-corrected chi connectivity index (χ4v) is 2.64. The molecule has 2 rings (SSSR count). The molecule has 5 heteroatoms. The summed E-state index contributed by atoms with van der Waals surface area (Å²) in [5, 5.41) is 4.13. The van der Waals surface area contributed by atoms with E-state index >= 15 is 0 Å². The third-order valence-corrected chi connectivity index (χ3v) is 4.02. The molecule has 2 aromatic rings. The minimum absolute atomic E-state index is 0.418. The van der Waals surface area contributed by atoms with Crippen molar-refractivity contribution < 1.29 is 8.78 Å². The Labute approximate surface area is 128 Å². The number of hydrogen-bond donors (Lipinski definition) is 1. The number of nitrogens with one attached hydrogen (secondary N) is 1. The van der Waals surface area contributed by atoms with E-state index in [1.54, 1.807) is 6.07 Å². The average Bonchev–Trinajstić information content (AvgIpc) is 2.43. The third kappa shape index (κ3) is 4.51. The van der Waals surface area contributed by atoms with Gasteiger partial charge in [0, 0.05) is 23.7 Å². The molecule has 0 amide bonds. The molecule has 2 nitrogen and oxygen atoms in total. The van der Waals surface area contributed by atoms with Crippen LogP contribution in [-0.4, -0.2) is 11.0 Å². The Morgan fingerprint density at radius 3 is 2.57 bits per heavy atom. The summed E-state index contributed by atoms with van der Waals surface area (Å²) in [7, 11) is 0. The summed E-state index contributed by atoms with van der Waals surface area (Å²) in [4.78, 5) is 5.05. The molecule has 112 valence electrons. The van der Waals surface area contributed by atoms with Crippen LogP contribution in [0.25, 0.3) is 0 Å². The smallest absolute Gasteiger partial charge is 0.159 e. The Balaban J connectivity index is 2.11. The number of benzene rings is 1. The van der Waals surface area contributed by atoms with Crippen molar-refractivity contribution in [2.45, 2.75) is 43.3 Å². The second kappa shape index (κ2) is 7.00. The fourth-order valence-electron chi connectivity index (χ4n) is 1.80. The molecule has 1 heterocycles. The van der Waals surface area contributed by atoms with Gasteiger partial charge in [-0.2, -0.15) is 0 Å². The lowest BCUT2D eigenvalue weighted by atomic mass is 10.2. The van der Waals surface area contributed by atoms with Gasteiger partial charge in [0.1, 0.15) is 5.03 Å². The molecule has 0 aliphatic carbocycles. The van der Waals surface area contributed by atoms with Gasteiger partial charge in [0.25, 0.3) is 0 Å². The van der Waals surface area contributed by atoms with Crippen LogP contribution in [0.3, 0.4) is 0 Å². The van der Waals surface area contributed by atoms with Gasteiger partial charge in [-0.05, 0) is 36.2 Å². The lowest BCUT2D eigenvalue weighted by Gasteiger charge is -2.10. The molecule has 0 atom stereocenters. The van der Waals surface area contributed by atoms with E-state index in [0.717, 1.165) is 28.8 Å². The monoisotopic (exact) mass is 308 g/mol. The Morgan fingerprint density at radius 2 is 1.95 bits per heavy atom. The van der Waals surface area contributed by atoms with Crippen LogP contribution in [0.5, 0.6) is 0 Å². The van der Waals surface area contributed by atoms with Crippen molar-refractivity contribution in [3.63, 3.8) is 0 Å². The van der Waals surface area contributed by atoms with E-state index in [4.69, 9.17) is 0 Å². The maximum absolute atomic E-state index is 13.2. The van der Waals surface area contributed by atoms with Gasteiger partial charge in [-0.25, -0.2) is 13.8 Å². The van der Waals surface area contributed by atoms with E-state index in [2.05, 4.69) is 30.2 Å². The Morgan fingerprint density at radius 1 is 1.19 bits per heavy atom. The average molecular weight is 308 g/mol. The number of halogens is 2. The highest BCUT2D eigenvalue weighted by molar-refractivity contribution is 7.99. The summed E-state index contributed by atoms with van der Waals surface area (Å²) >= 11 is 1.33. The van der Waals surface area contributed by atoms with Crippen molar-refractivity contribution in [2.75, 3.05) is 0 Å². The minimum Gasteiger partial charge on any atom is -0.310 e. The van der Waals surface area contributed by atoms with Gasteiger partial charge in [-0.3, -0.25) is 0 Å². The number of hydrogen-bond acceptors (Lipinski definition) is 3. The highest BCUT2D eigenvalue weighted by Gasteiger charge is 2.08. The van der Waals surface area contributed by atoms with Crippen molar-refractivity contribution in [1.29, 1.82) is 0 Å². The van der Waals surface area contributed by atoms with E-state index in [1.807, 2.05) is 13.1 Å². The third-order valence-electron chi connectivity index (χ3n) is 2.91. The summed E-state index contributed by atoms with van der Waals surface area (Å²) in [5.74, 6) is -1.67. The molecule has 0 aliphatic rings. The fraction of sp³-hybridized carbons (Fsp3) is 0.312. The zero-order valence-electron chi connectivity index (χ0n) is 12.3. The summed E-state index contributed by atoms with van der Waals surface area (Å²) in [6.07, 6.45) is 1.81. The van der Waals surface area contributed by atoms with Gasteiger partial charge in [0.2, 0.25) is 0 Å². The highest BCUT2D eigenvalue weighted by Crippen LogP contribution is 2.29. The van der Waals surface area contributed by atoms with Crippen molar-refractivity contribution in [2.24, 2.45) is 0 Å². The molecule has 0 spiro atoms. The van der Waals surface area contributed by atoms with Crippen LogP contribution in [-0.2, 0) is 6.54 Å². The molecule has 0 radical (unpaired) electrons. The van der Waals surface area contributed by atoms with Gasteiger partial charge >= 0.3 is 0 Å². The van der Waals surface area contributed by atoms with E-state index in [-0.39, 0.29) is 0 Å². The van der Waals surface area contributed by atoms with Crippen molar-refractivity contribution in [1.82, 2.24) is 10.3 Å². The summed E-state index contributed by atoms with van der Waals surface area (Å²) in [6, 6.07) is 6.35. The topological polar surface area (TPSA) is 24.9 Å². The zero-order valence-corrected chi connectivity index (χ0v) is 13.1. The standard InChI is InChI=1S/C16H18F2N2S/c1-10(2)19-8-12-6-11(3)16(20-9-12)21-13-4-5-14(17)15(18)7-13/h4-7,9-10,19H,8H2,1-3H3. The molecule has 0 saturated carbocycles. The Bertz CT molecular complexity index is 630. The van der Waals surface area contributed by atoms with Crippen LogP contribution in [0.15, 0.2) is 40.4 Å². The minimum atomic E-state index is -0.838. The van der Waals surface area contributed by atoms with E-state index < -0.39 is 11.6 Å². The molecule has 1 aromatic carbocycles. The number of aromatic nitrogens is 1. The summed E-state index contributed by atoms with van der Waals surface area (Å²) < 4.78 is 26.1. The van der Waals surface area contributed by atoms with E-state index in [9.17, 15) is 8.78 Å². The number of nitrogens with zero attached hydrogens (tertiary/aromatic N) is 1. The van der Waals surface area contributed by atoms with Crippen molar-refractivity contribution >= 4 is 11.8 Å². The number of rotatable bonds is 5. The molecule has 1 N–H and O–H groups in total. The molecule has 0 saturated heterocycles. The molecule has 21 heavy (non-hydrogen) atoms. The zero-order chi connectivity index (χ0) is 15.4. The second-order valence-corrected chi connectivity index (χ2v) is 6.24. The lowest BCUT2D eigenvalue weighted by Crippen LogP contribution is -2.21. The first kappa shape index (κ1) is 15.9. The van der Waals surface area contributed by atoms with Crippen LogP contribution >= 0.6 is 11.8 Å². The maximum atomic E-state index is 13.2. The normalized spacial score (nSPS) is 11.1. The van der Waals surface area contributed by atoms with E-state index in [1.165, 1.54) is 17.8 Å². The van der Waals surface area contributed by atoms with Crippen LogP contribution in [0.4, 0.5) is 8.78 Å². The Hall–Kier alpha value is -1.46. The van der Waals surface area contributed by atoms with Gasteiger partial charge in [-0.15, -0.1) is 0 Å². The first-order chi connectivity index (χ1) is 9.95. The first-order valence-electron chi connectivity index (χ1n) is 6.77. The molecular formula is C16H18F2N2S. The van der Waals surface area contributed by atoms with Gasteiger partial charge < -0.3 is 5.32 Å². The van der Waals surface area contributed by atoms with Gasteiger partial charge in [0.15, 0.2) is 11.6 Å². The van der Waals surface area contributed by atoms with E-state index in [0.29, 0.717) is 10.9 Å². The van der Waals surface area contributed by atoms with Gasteiger partial charge in [-0.1, -0.05) is 31.7 Å². The number of aryl methyl sites for hydroxylation is 1. The quantitative estimate of drug-likeness (QED) is 0.890. The highest BCUT2D eigenvalue weighted by atomic mass is 32.2. The van der Waals surface area contributed by atoms with Crippen LogP contribution in [0.2, 0.25) is 0 Å². The van der Waals surface area contributed by atoms with Crippen LogP contribution in [0, 0.1) is 18.6 Å². The van der Waals surface area contributed by atoms with Crippen LogP contribution in [0.1, 0.15) is 25.0 Å². The van der Waals surface area contributed by atoms with Crippen molar-refractivity contribution in [3.05, 3.63) is 53.2 Å². The Kier molecular flexibility index (Phi) is 5.31. The van der Waals surface area contributed by atoms with Crippen molar-refractivity contribution in [3.8, 4) is 0 Å². The maximum Gasteiger partial charge on any atom is 0.159 e. The molecule has 0 unspecified atom stereocenters. The lowest BCUT2D eigenvalue weighted by molar-refractivity contribution is 0.506. The summed E-state index contributed by atoms with van der Waals surface area (Å²) in [6.45, 7) is 6.91. The molecular weight excluding hydrogens is 290 g/mol. The largest absolute Gasteiger partial charge is 0.310 e. The molecule has 1 aromatic heterocycles. The summed E-state index contributed by atoms with van der Waals surface area (Å²) in [5.41, 5.74) is 2.13.